The first kappa shape index (κ1) is 13.7. The van der Waals surface area contributed by atoms with Gasteiger partial charge in [-0.25, -0.2) is 0 Å². The molecule has 1 aromatic carbocycles. The summed E-state index contributed by atoms with van der Waals surface area (Å²) in [7, 11) is -1.01. The monoisotopic (exact) mass is 254 g/mol. The van der Waals surface area contributed by atoms with Crippen LogP contribution in [0.2, 0.25) is 18.1 Å². The molecule has 0 unspecified atom stereocenters. The van der Waals surface area contributed by atoms with Gasteiger partial charge in [0.15, 0.2) is 0 Å². The third-order valence-corrected chi connectivity index (χ3v) is 11.8. The van der Waals surface area contributed by atoms with E-state index < -0.39 is 8.07 Å². The molecular formula is C13H22OSSi. The van der Waals surface area contributed by atoms with E-state index in [4.69, 9.17) is 0 Å². The summed E-state index contributed by atoms with van der Waals surface area (Å²) in [5, 5.41) is 10.5. The molecule has 90 valence electrons. The first-order valence-electron chi connectivity index (χ1n) is 6.07. The minimum atomic E-state index is -1.01. The van der Waals surface area contributed by atoms with Crippen molar-refractivity contribution < 1.29 is 5.11 Å². The quantitative estimate of drug-likeness (QED) is 0.594. The van der Waals surface area contributed by atoms with Crippen LogP contribution in [0.1, 0.15) is 20.8 Å². The van der Waals surface area contributed by atoms with Crippen molar-refractivity contribution in [3.05, 3.63) is 24.3 Å². The number of rotatable bonds is 6. The fourth-order valence-corrected chi connectivity index (χ4v) is 8.00. The average Bonchev–Trinajstić information content (AvgIpc) is 2.34. The molecule has 0 spiro atoms. The molecule has 0 aliphatic carbocycles. The van der Waals surface area contributed by atoms with Gasteiger partial charge in [0.25, 0.3) is 0 Å². The minimum absolute atomic E-state index is 0.356. The second-order valence-electron chi connectivity index (χ2n) is 4.34. The van der Waals surface area contributed by atoms with Crippen molar-refractivity contribution in [2.24, 2.45) is 0 Å². The smallest absolute Gasteiger partial charge is 0.115 e. The van der Waals surface area contributed by atoms with Crippen LogP contribution in [0, 0.1) is 0 Å². The lowest BCUT2D eigenvalue weighted by Crippen LogP contribution is -2.34. The highest BCUT2D eigenvalue weighted by molar-refractivity contribution is 8.01. The molecule has 1 rings (SSSR count). The van der Waals surface area contributed by atoms with Gasteiger partial charge < -0.3 is 5.11 Å². The molecule has 0 aliphatic rings. The van der Waals surface area contributed by atoms with E-state index in [-0.39, 0.29) is 0 Å². The molecule has 3 heteroatoms. The molecule has 0 atom stereocenters. The van der Waals surface area contributed by atoms with E-state index in [1.165, 1.54) is 28.4 Å². The Bertz CT molecular complexity index is 298. The maximum atomic E-state index is 9.22. The molecular weight excluding hydrogens is 232 g/mol. The van der Waals surface area contributed by atoms with Crippen molar-refractivity contribution in [2.45, 2.75) is 43.8 Å². The van der Waals surface area contributed by atoms with Gasteiger partial charge in [-0.15, -0.1) is 11.8 Å². The molecule has 0 heterocycles. The van der Waals surface area contributed by atoms with Crippen LogP contribution >= 0.6 is 11.8 Å². The van der Waals surface area contributed by atoms with Crippen LogP contribution in [0.15, 0.2) is 29.2 Å². The molecule has 0 fully saturated rings. The molecule has 1 aromatic rings. The van der Waals surface area contributed by atoms with Gasteiger partial charge in [-0.3, -0.25) is 0 Å². The van der Waals surface area contributed by atoms with E-state index in [9.17, 15) is 5.11 Å². The topological polar surface area (TPSA) is 20.2 Å². The van der Waals surface area contributed by atoms with Gasteiger partial charge in [0.2, 0.25) is 0 Å². The van der Waals surface area contributed by atoms with E-state index in [1.807, 2.05) is 23.9 Å². The Morgan fingerprint density at radius 2 is 1.50 bits per heavy atom. The summed E-state index contributed by atoms with van der Waals surface area (Å²) in [6, 6.07) is 11.7. The molecule has 0 radical (unpaired) electrons. The summed E-state index contributed by atoms with van der Waals surface area (Å²) in [5.41, 5.74) is 0. The molecule has 0 amide bonds. The largest absolute Gasteiger partial charge is 0.508 e. The summed E-state index contributed by atoms with van der Waals surface area (Å²) in [5.74, 6) is 0.356. The summed E-state index contributed by atoms with van der Waals surface area (Å²) in [6.45, 7) is 7.03. The zero-order chi connectivity index (χ0) is 12.0. The highest BCUT2D eigenvalue weighted by Gasteiger charge is 2.26. The summed E-state index contributed by atoms with van der Waals surface area (Å²) >= 11 is 1.96. The van der Waals surface area contributed by atoms with Crippen LogP contribution in [0.5, 0.6) is 5.75 Å². The van der Waals surface area contributed by atoms with Crippen LogP contribution in [-0.4, -0.2) is 18.6 Å². The Balaban J connectivity index is 2.58. The SMILES string of the molecule is CC[Si](CC)(CC)CSc1ccc(O)cc1. The standard InChI is InChI=1S/C13H22OSSi/c1-4-16(5-2,6-3)11-15-13-9-7-12(14)8-10-13/h7-10,14H,4-6,11H2,1-3H3. The maximum Gasteiger partial charge on any atom is 0.115 e. The lowest BCUT2D eigenvalue weighted by atomic mass is 10.3. The molecule has 1 N–H and O–H groups in total. The van der Waals surface area contributed by atoms with Crippen LogP contribution in [0.4, 0.5) is 0 Å². The van der Waals surface area contributed by atoms with Crippen molar-refractivity contribution in [2.75, 3.05) is 5.38 Å². The third kappa shape index (κ3) is 3.56. The third-order valence-electron chi connectivity index (χ3n) is 3.63. The van der Waals surface area contributed by atoms with Crippen molar-refractivity contribution >= 4 is 19.8 Å². The summed E-state index contributed by atoms with van der Waals surface area (Å²) in [6.07, 6.45) is 0. The number of thioether (sulfide) groups is 1. The predicted octanol–water partition coefficient (Wildman–Crippen LogP) is 4.53. The van der Waals surface area contributed by atoms with Gasteiger partial charge in [-0.1, -0.05) is 38.9 Å². The van der Waals surface area contributed by atoms with Crippen molar-refractivity contribution in [3.63, 3.8) is 0 Å². The maximum absolute atomic E-state index is 9.22. The van der Waals surface area contributed by atoms with Crippen molar-refractivity contribution in [3.8, 4) is 5.75 Å². The fourth-order valence-electron chi connectivity index (χ4n) is 1.83. The summed E-state index contributed by atoms with van der Waals surface area (Å²) < 4.78 is 0. The van der Waals surface area contributed by atoms with Crippen LogP contribution in [0.25, 0.3) is 0 Å². The molecule has 0 saturated heterocycles. The first-order chi connectivity index (χ1) is 7.65. The Morgan fingerprint density at radius 3 is 1.94 bits per heavy atom. The lowest BCUT2D eigenvalue weighted by molar-refractivity contribution is 0.475. The van der Waals surface area contributed by atoms with Gasteiger partial charge in [-0.05, 0) is 29.6 Å². The Kier molecular flexibility index (Phi) is 5.42. The van der Waals surface area contributed by atoms with Gasteiger partial charge in [0.1, 0.15) is 5.75 Å². The number of hydrogen-bond acceptors (Lipinski definition) is 2. The number of aromatic hydroxyl groups is 1. The zero-order valence-corrected chi connectivity index (χ0v) is 12.3. The molecule has 0 aromatic heterocycles. The highest BCUT2D eigenvalue weighted by Crippen LogP contribution is 2.29. The van der Waals surface area contributed by atoms with Crippen LogP contribution in [0.3, 0.4) is 0 Å². The number of hydrogen-bond donors (Lipinski definition) is 1. The van der Waals surface area contributed by atoms with Crippen molar-refractivity contribution in [1.29, 1.82) is 0 Å². The Morgan fingerprint density at radius 1 is 1.00 bits per heavy atom. The van der Waals surface area contributed by atoms with E-state index >= 15 is 0 Å². The van der Waals surface area contributed by atoms with Crippen molar-refractivity contribution in [1.82, 2.24) is 0 Å². The number of phenols is 1. The molecule has 1 nitrogen and oxygen atoms in total. The van der Waals surface area contributed by atoms with E-state index in [0.717, 1.165) is 0 Å². The number of phenolic OH excluding ortho intramolecular Hbond substituents is 1. The van der Waals surface area contributed by atoms with Crippen LogP contribution in [-0.2, 0) is 0 Å². The molecule has 0 bridgehead atoms. The number of benzene rings is 1. The Hall–Kier alpha value is -0.413. The average molecular weight is 254 g/mol. The van der Waals surface area contributed by atoms with Gasteiger partial charge in [-0.2, -0.15) is 0 Å². The fraction of sp³-hybridized carbons (Fsp3) is 0.538. The zero-order valence-electron chi connectivity index (χ0n) is 10.5. The molecule has 0 aliphatic heterocycles. The predicted molar refractivity (Wildman–Crippen MR) is 76.0 cm³/mol. The van der Waals surface area contributed by atoms with Gasteiger partial charge >= 0.3 is 0 Å². The normalized spacial score (nSPS) is 11.7. The van der Waals surface area contributed by atoms with E-state index in [1.54, 1.807) is 12.1 Å². The van der Waals surface area contributed by atoms with Crippen LogP contribution < -0.4 is 0 Å². The molecule has 0 saturated carbocycles. The minimum Gasteiger partial charge on any atom is -0.508 e. The highest BCUT2D eigenvalue weighted by atomic mass is 32.2. The van der Waals surface area contributed by atoms with Gasteiger partial charge in [0.05, 0.1) is 8.07 Å². The second kappa shape index (κ2) is 6.35. The first-order valence-corrected chi connectivity index (χ1v) is 9.89. The Labute approximate surface area is 104 Å². The van der Waals surface area contributed by atoms with E-state index in [2.05, 4.69) is 20.8 Å². The van der Waals surface area contributed by atoms with Gasteiger partial charge in [0, 0.05) is 4.90 Å². The lowest BCUT2D eigenvalue weighted by Gasteiger charge is -2.27. The van der Waals surface area contributed by atoms with E-state index in [0.29, 0.717) is 5.75 Å². The second-order valence-corrected chi connectivity index (χ2v) is 11.4. The molecule has 16 heavy (non-hydrogen) atoms. The summed E-state index contributed by atoms with van der Waals surface area (Å²) in [4.78, 5) is 1.28.